The van der Waals surface area contributed by atoms with E-state index in [9.17, 15) is 9.90 Å². The number of hydrogen-bond donors (Lipinski definition) is 2. The Hall–Kier alpha value is -2.72. The Bertz CT molecular complexity index is 833. The molecule has 2 atom stereocenters. The van der Waals surface area contributed by atoms with E-state index in [0.29, 0.717) is 12.0 Å². The van der Waals surface area contributed by atoms with Gasteiger partial charge in [0.15, 0.2) is 0 Å². The lowest BCUT2D eigenvalue weighted by Gasteiger charge is -2.18. The van der Waals surface area contributed by atoms with Crippen molar-refractivity contribution >= 4 is 16.8 Å². The van der Waals surface area contributed by atoms with E-state index in [4.69, 9.17) is 0 Å². The number of rotatable bonds is 5. The second-order valence-corrected chi connectivity index (χ2v) is 5.95. The Morgan fingerprint density at radius 2 is 1.92 bits per heavy atom. The number of pyridine rings is 1. The van der Waals surface area contributed by atoms with Crippen LogP contribution in [-0.4, -0.2) is 22.0 Å². The van der Waals surface area contributed by atoms with E-state index in [1.165, 1.54) is 0 Å². The topological polar surface area (TPSA) is 62.2 Å². The van der Waals surface area contributed by atoms with Crippen molar-refractivity contribution < 1.29 is 9.90 Å². The molecular weight excluding hydrogens is 300 g/mol. The third-order valence-corrected chi connectivity index (χ3v) is 4.00. The first-order valence-electron chi connectivity index (χ1n) is 8.02. The molecule has 3 aromatic rings. The van der Waals surface area contributed by atoms with E-state index in [1.807, 2.05) is 61.5 Å². The molecular formula is C20H20N2O2. The number of nitrogens with zero attached hydrogens (tertiary/aromatic N) is 1. The van der Waals surface area contributed by atoms with E-state index in [1.54, 1.807) is 12.3 Å². The van der Waals surface area contributed by atoms with Gasteiger partial charge in [-0.1, -0.05) is 36.4 Å². The molecule has 3 rings (SSSR count). The molecule has 0 radical (unpaired) electrons. The van der Waals surface area contributed by atoms with Gasteiger partial charge < -0.3 is 10.4 Å². The van der Waals surface area contributed by atoms with Gasteiger partial charge in [0.25, 0.3) is 5.91 Å². The molecule has 0 saturated heterocycles. The van der Waals surface area contributed by atoms with Gasteiger partial charge in [0, 0.05) is 23.2 Å². The summed E-state index contributed by atoms with van der Waals surface area (Å²) in [6.45, 7) is 1.90. The average Bonchev–Trinajstić information content (AvgIpc) is 2.61. The lowest BCUT2D eigenvalue weighted by atomic mass is 10.0. The van der Waals surface area contributed by atoms with Crippen molar-refractivity contribution in [1.82, 2.24) is 10.3 Å². The Morgan fingerprint density at radius 1 is 1.12 bits per heavy atom. The highest BCUT2D eigenvalue weighted by Gasteiger charge is 2.15. The fourth-order valence-electron chi connectivity index (χ4n) is 2.73. The predicted molar refractivity (Wildman–Crippen MR) is 94.7 cm³/mol. The number of benzene rings is 2. The Labute approximate surface area is 141 Å². The molecule has 24 heavy (non-hydrogen) atoms. The Kier molecular flexibility index (Phi) is 4.87. The van der Waals surface area contributed by atoms with Gasteiger partial charge in [0.1, 0.15) is 0 Å². The van der Waals surface area contributed by atoms with Crippen molar-refractivity contribution in [2.45, 2.75) is 25.5 Å². The minimum atomic E-state index is -0.595. The first-order valence-corrected chi connectivity index (χ1v) is 8.02. The van der Waals surface area contributed by atoms with Crippen molar-refractivity contribution in [2.75, 3.05) is 0 Å². The predicted octanol–water partition coefficient (Wildman–Crippen LogP) is 3.48. The number of aliphatic hydroxyl groups is 1. The highest BCUT2D eigenvalue weighted by molar-refractivity contribution is 5.98. The molecule has 0 fully saturated rings. The van der Waals surface area contributed by atoms with Crippen LogP contribution in [0, 0.1) is 0 Å². The maximum Gasteiger partial charge on any atom is 0.251 e. The minimum Gasteiger partial charge on any atom is -0.388 e. The van der Waals surface area contributed by atoms with Crippen molar-refractivity contribution in [1.29, 1.82) is 0 Å². The highest BCUT2D eigenvalue weighted by Crippen LogP contribution is 2.18. The third kappa shape index (κ3) is 3.78. The zero-order valence-corrected chi connectivity index (χ0v) is 13.5. The number of fused-ring (bicyclic) bond motifs is 1. The summed E-state index contributed by atoms with van der Waals surface area (Å²) in [7, 11) is 0. The summed E-state index contributed by atoms with van der Waals surface area (Å²) >= 11 is 0. The average molecular weight is 320 g/mol. The summed E-state index contributed by atoms with van der Waals surface area (Å²) in [5, 5.41) is 14.1. The summed E-state index contributed by atoms with van der Waals surface area (Å²) in [5.41, 5.74) is 2.31. The van der Waals surface area contributed by atoms with Crippen LogP contribution in [-0.2, 0) is 0 Å². The van der Waals surface area contributed by atoms with Crippen molar-refractivity contribution in [3.8, 4) is 0 Å². The van der Waals surface area contributed by atoms with Gasteiger partial charge in [-0.05, 0) is 43.2 Å². The molecule has 4 nitrogen and oxygen atoms in total. The molecule has 1 amide bonds. The van der Waals surface area contributed by atoms with Gasteiger partial charge in [0.05, 0.1) is 11.6 Å². The fourth-order valence-corrected chi connectivity index (χ4v) is 2.73. The monoisotopic (exact) mass is 320 g/mol. The Morgan fingerprint density at radius 3 is 2.71 bits per heavy atom. The normalized spacial score (nSPS) is 13.4. The van der Waals surface area contributed by atoms with E-state index >= 15 is 0 Å². The first kappa shape index (κ1) is 16.1. The first-order chi connectivity index (χ1) is 11.6. The molecule has 0 aliphatic heterocycles. The maximum absolute atomic E-state index is 12.4. The molecule has 122 valence electrons. The van der Waals surface area contributed by atoms with Crippen LogP contribution in [0.15, 0.2) is 66.9 Å². The molecule has 0 spiro atoms. The van der Waals surface area contributed by atoms with Crippen LogP contribution in [0.25, 0.3) is 10.9 Å². The van der Waals surface area contributed by atoms with Crippen LogP contribution in [0.1, 0.15) is 35.4 Å². The van der Waals surface area contributed by atoms with Crippen LogP contribution >= 0.6 is 0 Å². The second-order valence-electron chi connectivity index (χ2n) is 5.95. The van der Waals surface area contributed by atoms with Crippen LogP contribution < -0.4 is 5.32 Å². The van der Waals surface area contributed by atoms with E-state index < -0.39 is 6.10 Å². The number of carbonyl (C=O) groups is 1. The number of aromatic nitrogens is 1. The maximum atomic E-state index is 12.4. The number of amides is 1. The van der Waals surface area contributed by atoms with Crippen molar-refractivity contribution in [2.24, 2.45) is 0 Å². The lowest BCUT2D eigenvalue weighted by molar-refractivity contribution is 0.0917. The number of carbonyl (C=O) groups excluding carboxylic acids is 1. The van der Waals surface area contributed by atoms with Gasteiger partial charge >= 0.3 is 0 Å². The Balaban J connectivity index is 1.64. The summed E-state index contributed by atoms with van der Waals surface area (Å²) < 4.78 is 0. The second kappa shape index (κ2) is 7.23. The van der Waals surface area contributed by atoms with E-state index in [2.05, 4.69) is 10.3 Å². The van der Waals surface area contributed by atoms with Crippen LogP contribution in [0.3, 0.4) is 0 Å². The quantitative estimate of drug-likeness (QED) is 0.756. The molecule has 1 heterocycles. The zero-order valence-electron chi connectivity index (χ0n) is 13.5. The number of hydrogen-bond acceptors (Lipinski definition) is 3. The standard InChI is InChI=1S/C20H20N2O2/c1-14(12-19(23)15-6-3-2-4-7-15)22-20(24)17-9-10-18-16(13-17)8-5-11-21-18/h2-11,13-14,19,23H,12H2,1H3,(H,22,24)/t14-,19-/m1/s1. The fraction of sp³-hybridized carbons (Fsp3) is 0.200. The van der Waals surface area contributed by atoms with E-state index in [-0.39, 0.29) is 11.9 Å². The minimum absolute atomic E-state index is 0.141. The summed E-state index contributed by atoms with van der Waals surface area (Å²) in [6, 6.07) is 18.6. The summed E-state index contributed by atoms with van der Waals surface area (Å²) in [6.07, 6.45) is 1.60. The smallest absolute Gasteiger partial charge is 0.251 e. The highest BCUT2D eigenvalue weighted by atomic mass is 16.3. The molecule has 2 N–H and O–H groups in total. The molecule has 0 saturated carbocycles. The van der Waals surface area contributed by atoms with Crippen LogP contribution in [0.2, 0.25) is 0 Å². The molecule has 1 aromatic heterocycles. The number of nitrogens with one attached hydrogen (secondary N) is 1. The van der Waals surface area contributed by atoms with Gasteiger partial charge in [-0.2, -0.15) is 0 Å². The summed E-state index contributed by atoms with van der Waals surface area (Å²) in [4.78, 5) is 16.7. The van der Waals surface area contributed by atoms with Crippen molar-refractivity contribution in [3.63, 3.8) is 0 Å². The molecule has 0 bridgehead atoms. The molecule has 2 aromatic carbocycles. The lowest BCUT2D eigenvalue weighted by Crippen LogP contribution is -2.33. The van der Waals surface area contributed by atoms with Gasteiger partial charge in [-0.15, -0.1) is 0 Å². The van der Waals surface area contributed by atoms with Gasteiger partial charge in [-0.25, -0.2) is 0 Å². The zero-order chi connectivity index (χ0) is 16.9. The molecule has 4 heteroatoms. The van der Waals surface area contributed by atoms with Gasteiger partial charge in [-0.3, -0.25) is 9.78 Å². The van der Waals surface area contributed by atoms with Gasteiger partial charge in [0.2, 0.25) is 0 Å². The molecule has 0 aliphatic rings. The number of aliphatic hydroxyl groups excluding tert-OH is 1. The third-order valence-electron chi connectivity index (χ3n) is 4.00. The van der Waals surface area contributed by atoms with Crippen molar-refractivity contribution in [3.05, 3.63) is 78.0 Å². The molecule has 0 unspecified atom stereocenters. The summed E-state index contributed by atoms with van der Waals surface area (Å²) in [5.74, 6) is -0.145. The SMILES string of the molecule is C[C@H](C[C@@H](O)c1ccccc1)NC(=O)c1ccc2ncccc2c1. The van der Waals surface area contributed by atoms with Crippen LogP contribution in [0.4, 0.5) is 0 Å². The molecule has 0 aliphatic carbocycles. The van der Waals surface area contributed by atoms with E-state index in [0.717, 1.165) is 16.5 Å². The van der Waals surface area contributed by atoms with Crippen LogP contribution in [0.5, 0.6) is 0 Å². The largest absolute Gasteiger partial charge is 0.388 e.